The van der Waals surface area contributed by atoms with E-state index in [4.69, 9.17) is 11.6 Å². The average molecular weight is 397 g/mol. The van der Waals surface area contributed by atoms with Gasteiger partial charge in [0.15, 0.2) is 0 Å². The van der Waals surface area contributed by atoms with Gasteiger partial charge in [-0.05, 0) is 35.9 Å². The number of nitrogens with zero attached hydrogens (tertiary/aromatic N) is 2. The fourth-order valence-corrected chi connectivity index (χ4v) is 3.32. The van der Waals surface area contributed by atoms with Crippen LogP contribution >= 0.6 is 11.6 Å². The van der Waals surface area contributed by atoms with Crippen LogP contribution in [0.1, 0.15) is 21.6 Å². The average Bonchev–Trinajstić information content (AvgIpc) is 3.05. The summed E-state index contributed by atoms with van der Waals surface area (Å²) in [6.45, 7) is 0.320. The van der Waals surface area contributed by atoms with Crippen LogP contribution in [0.3, 0.4) is 0 Å². The fourth-order valence-electron chi connectivity index (χ4n) is 3.06. The summed E-state index contributed by atoms with van der Waals surface area (Å²) in [5, 5.41) is 6.04. The molecule has 0 bridgehead atoms. The summed E-state index contributed by atoms with van der Waals surface area (Å²) < 4.78 is 14.4. The molecule has 1 aromatic carbocycles. The summed E-state index contributed by atoms with van der Waals surface area (Å²) in [5.74, 6) is -0.475. The van der Waals surface area contributed by atoms with Crippen molar-refractivity contribution in [3.63, 3.8) is 0 Å². The van der Waals surface area contributed by atoms with Crippen molar-refractivity contribution in [2.24, 2.45) is 0 Å². The van der Waals surface area contributed by atoms with Gasteiger partial charge in [0.25, 0.3) is 5.91 Å². The first-order chi connectivity index (χ1) is 13.6. The van der Waals surface area contributed by atoms with Crippen LogP contribution in [0.4, 0.5) is 15.9 Å². The second kappa shape index (κ2) is 7.36. The third-order valence-electron chi connectivity index (χ3n) is 4.37. The quantitative estimate of drug-likeness (QED) is 0.643. The van der Waals surface area contributed by atoms with Crippen LogP contribution in [0.25, 0.3) is 11.3 Å². The molecular formula is C20H14ClFN4O2. The van der Waals surface area contributed by atoms with Gasteiger partial charge in [-0.25, -0.2) is 9.37 Å². The lowest BCUT2D eigenvalue weighted by Crippen LogP contribution is -2.14. The number of aldehydes is 1. The number of carbonyl (C=O) groups excluding carboxylic acids is 2. The maximum absolute atomic E-state index is 14.4. The lowest BCUT2D eigenvalue weighted by molar-refractivity contribution is -0.107. The predicted molar refractivity (Wildman–Crippen MR) is 103 cm³/mol. The van der Waals surface area contributed by atoms with E-state index in [1.165, 1.54) is 12.1 Å². The van der Waals surface area contributed by atoms with Crippen molar-refractivity contribution in [1.82, 2.24) is 15.3 Å². The zero-order valence-electron chi connectivity index (χ0n) is 14.5. The molecule has 0 saturated carbocycles. The van der Waals surface area contributed by atoms with Gasteiger partial charge < -0.3 is 15.4 Å². The number of aromatic nitrogens is 2. The summed E-state index contributed by atoms with van der Waals surface area (Å²) >= 11 is 6.18. The fraction of sp³-hybridized carbons (Fsp3) is 0.100. The SMILES string of the molecule is O=CCc1ccc(Nc2nc(-c3c(F)cccc3Cl)cc3c2C(=O)NC3)cn1. The molecule has 4 rings (SSSR count). The van der Waals surface area contributed by atoms with Gasteiger partial charge in [0, 0.05) is 18.7 Å². The van der Waals surface area contributed by atoms with E-state index >= 15 is 0 Å². The van der Waals surface area contributed by atoms with Gasteiger partial charge in [0.1, 0.15) is 17.9 Å². The highest BCUT2D eigenvalue weighted by atomic mass is 35.5. The summed E-state index contributed by atoms with van der Waals surface area (Å²) in [6.07, 6.45) is 2.54. The molecule has 6 nitrogen and oxygen atoms in total. The van der Waals surface area contributed by atoms with Gasteiger partial charge in [-0.15, -0.1) is 0 Å². The van der Waals surface area contributed by atoms with E-state index in [0.717, 1.165) is 6.29 Å². The van der Waals surface area contributed by atoms with Crippen molar-refractivity contribution in [2.75, 3.05) is 5.32 Å². The van der Waals surface area contributed by atoms with E-state index in [-0.39, 0.29) is 28.7 Å². The Labute approximate surface area is 164 Å². The molecule has 0 spiro atoms. The number of halogens is 2. The molecule has 0 fully saturated rings. The number of fused-ring (bicyclic) bond motifs is 1. The van der Waals surface area contributed by atoms with E-state index in [2.05, 4.69) is 20.6 Å². The first kappa shape index (κ1) is 18.1. The van der Waals surface area contributed by atoms with E-state index < -0.39 is 5.82 Å². The molecule has 1 aliphatic rings. The number of rotatable bonds is 5. The van der Waals surface area contributed by atoms with Crippen molar-refractivity contribution >= 4 is 35.3 Å². The highest BCUT2D eigenvalue weighted by Gasteiger charge is 2.26. The Balaban J connectivity index is 1.79. The van der Waals surface area contributed by atoms with Crippen molar-refractivity contribution in [2.45, 2.75) is 13.0 Å². The molecule has 2 N–H and O–H groups in total. The summed E-state index contributed by atoms with van der Waals surface area (Å²) in [6, 6.07) is 9.51. The van der Waals surface area contributed by atoms with E-state index in [1.807, 2.05) is 0 Å². The Hall–Kier alpha value is -3.32. The zero-order valence-corrected chi connectivity index (χ0v) is 15.3. The lowest BCUT2D eigenvalue weighted by Gasteiger charge is -2.13. The Morgan fingerprint density at radius 1 is 1.25 bits per heavy atom. The monoisotopic (exact) mass is 396 g/mol. The van der Waals surface area contributed by atoms with Crippen LogP contribution in [0, 0.1) is 5.82 Å². The Bertz CT molecular complexity index is 1070. The highest BCUT2D eigenvalue weighted by molar-refractivity contribution is 6.33. The number of amides is 1. The summed E-state index contributed by atoms with van der Waals surface area (Å²) in [4.78, 5) is 31.5. The topological polar surface area (TPSA) is 84.0 Å². The van der Waals surface area contributed by atoms with E-state index in [9.17, 15) is 14.0 Å². The number of nitrogens with one attached hydrogen (secondary N) is 2. The van der Waals surface area contributed by atoms with Crippen LogP contribution in [0.15, 0.2) is 42.6 Å². The van der Waals surface area contributed by atoms with Gasteiger partial charge in [0.2, 0.25) is 0 Å². The Kier molecular flexibility index (Phi) is 4.75. The molecule has 3 aromatic rings. The maximum Gasteiger partial charge on any atom is 0.255 e. The van der Waals surface area contributed by atoms with Crippen LogP contribution in [-0.2, 0) is 17.8 Å². The Morgan fingerprint density at radius 2 is 2.11 bits per heavy atom. The van der Waals surface area contributed by atoms with Gasteiger partial charge in [0.05, 0.1) is 33.7 Å². The van der Waals surface area contributed by atoms with Crippen molar-refractivity contribution in [1.29, 1.82) is 0 Å². The molecule has 3 heterocycles. The second-order valence-electron chi connectivity index (χ2n) is 6.20. The van der Waals surface area contributed by atoms with Crippen LogP contribution in [0.5, 0.6) is 0 Å². The molecule has 0 atom stereocenters. The highest BCUT2D eigenvalue weighted by Crippen LogP contribution is 2.34. The van der Waals surface area contributed by atoms with Crippen LogP contribution < -0.4 is 10.6 Å². The molecule has 0 unspecified atom stereocenters. The summed E-state index contributed by atoms with van der Waals surface area (Å²) in [7, 11) is 0. The van der Waals surface area contributed by atoms with E-state index in [1.54, 1.807) is 30.5 Å². The molecule has 2 aromatic heterocycles. The first-order valence-electron chi connectivity index (χ1n) is 8.49. The van der Waals surface area contributed by atoms with E-state index in [0.29, 0.717) is 34.7 Å². The third-order valence-corrected chi connectivity index (χ3v) is 4.68. The molecule has 8 heteroatoms. The van der Waals surface area contributed by atoms with Crippen molar-refractivity contribution < 1.29 is 14.0 Å². The number of hydrogen-bond donors (Lipinski definition) is 2. The van der Waals surface area contributed by atoms with Gasteiger partial charge >= 0.3 is 0 Å². The molecule has 1 amide bonds. The normalized spacial score (nSPS) is 12.4. The number of pyridine rings is 2. The molecule has 0 saturated heterocycles. The number of hydrogen-bond acceptors (Lipinski definition) is 5. The minimum absolute atomic E-state index is 0.175. The van der Waals surface area contributed by atoms with Crippen LogP contribution in [-0.4, -0.2) is 22.2 Å². The van der Waals surface area contributed by atoms with Crippen molar-refractivity contribution in [3.05, 3.63) is 70.3 Å². The molecule has 1 aliphatic heterocycles. The van der Waals surface area contributed by atoms with Gasteiger partial charge in [-0.1, -0.05) is 17.7 Å². The third kappa shape index (κ3) is 3.32. The first-order valence-corrected chi connectivity index (χ1v) is 8.86. The van der Waals surface area contributed by atoms with Crippen molar-refractivity contribution in [3.8, 4) is 11.3 Å². The molecule has 28 heavy (non-hydrogen) atoms. The largest absolute Gasteiger partial charge is 0.348 e. The Morgan fingerprint density at radius 3 is 2.82 bits per heavy atom. The smallest absolute Gasteiger partial charge is 0.255 e. The molecule has 140 valence electrons. The number of carbonyl (C=O) groups is 2. The summed E-state index contributed by atoms with van der Waals surface area (Å²) in [5.41, 5.74) is 2.81. The standard InChI is InChI=1S/C20H14ClFN4O2/c21-14-2-1-3-15(22)18(14)16-8-11-9-24-20(28)17(11)19(26-16)25-13-5-4-12(6-7-27)23-10-13/h1-5,7-8,10H,6,9H2,(H,24,28)(H,25,26). The predicted octanol–water partition coefficient (Wildman–Crippen LogP) is 3.66. The maximum atomic E-state index is 14.4. The lowest BCUT2D eigenvalue weighted by atomic mass is 10.1. The number of anilines is 2. The minimum Gasteiger partial charge on any atom is -0.348 e. The molecule has 0 radical (unpaired) electrons. The second-order valence-corrected chi connectivity index (χ2v) is 6.61. The van der Waals surface area contributed by atoms with Crippen LogP contribution in [0.2, 0.25) is 5.02 Å². The minimum atomic E-state index is -0.497. The molecular weight excluding hydrogens is 383 g/mol. The number of benzene rings is 1. The van der Waals surface area contributed by atoms with Gasteiger partial charge in [-0.3, -0.25) is 9.78 Å². The van der Waals surface area contributed by atoms with Gasteiger partial charge in [-0.2, -0.15) is 0 Å². The zero-order chi connectivity index (χ0) is 19.7. The molecule has 0 aliphatic carbocycles.